The lowest BCUT2D eigenvalue weighted by molar-refractivity contribution is 0.274. The molecule has 0 unspecified atom stereocenters. The van der Waals surface area contributed by atoms with Crippen molar-refractivity contribution >= 4 is 44.3 Å². The monoisotopic (exact) mass is 425 g/mol. The molecule has 27 heavy (non-hydrogen) atoms. The third-order valence-corrected chi connectivity index (χ3v) is 7.20. The number of halogens is 2. The van der Waals surface area contributed by atoms with Crippen LogP contribution in [0.15, 0.2) is 52.2 Å². The van der Waals surface area contributed by atoms with Gasteiger partial charge < -0.3 is 4.98 Å². The highest BCUT2D eigenvalue weighted by molar-refractivity contribution is 7.89. The SMILES string of the molecule is O=c1[nH]c2ccccc2n1C1CCN(S(=O)(=O)c2cc(Cl)cc(Cl)c2)CC1. The standard InChI is InChI=1S/C18H17Cl2N3O3S/c19-12-9-13(20)11-15(10-12)27(25,26)22-7-5-14(6-8-22)23-17-4-2-1-3-16(17)21-18(23)24/h1-4,9-11,14H,5-8H2,(H,21,24). The number of nitrogens with one attached hydrogen (secondary N) is 1. The number of H-pyrrole nitrogens is 1. The molecular formula is C18H17Cl2N3O3S. The largest absolute Gasteiger partial charge is 0.326 e. The maximum absolute atomic E-state index is 12.9. The van der Waals surface area contributed by atoms with E-state index in [4.69, 9.17) is 23.2 Å². The Morgan fingerprint density at radius 3 is 2.30 bits per heavy atom. The minimum Gasteiger partial charge on any atom is -0.306 e. The fourth-order valence-corrected chi connectivity index (χ4v) is 5.80. The summed E-state index contributed by atoms with van der Waals surface area (Å²) >= 11 is 11.9. The highest BCUT2D eigenvalue weighted by Gasteiger charge is 2.31. The third kappa shape index (κ3) is 3.40. The number of rotatable bonds is 3. The fourth-order valence-electron chi connectivity index (χ4n) is 3.60. The minimum absolute atomic E-state index is 0.0527. The van der Waals surface area contributed by atoms with Crippen LogP contribution in [0.25, 0.3) is 11.0 Å². The van der Waals surface area contributed by atoms with E-state index in [1.807, 2.05) is 24.3 Å². The number of sulfonamides is 1. The first-order valence-corrected chi connectivity index (χ1v) is 10.7. The number of benzene rings is 2. The van der Waals surface area contributed by atoms with Gasteiger partial charge in [0.2, 0.25) is 10.0 Å². The molecule has 9 heteroatoms. The van der Waals surface area contributed by atoms with Crippen LogP contribution in [0.4, 0.5) is 0 Å². The van der Waals surface area contributed by atoms with Crippen molar-refractivity contribution in [1.82, 2.24) is 13.9 Å². The Morgan fingerprint density at radius 1 is 1.00 bits per heavy atom. The fraction of sp³-hybridized carbons (Fsp3) is 0.278. The molecule has 1 saturated heterocycles. The quantitative estimate of drug-likeness (QED) is 0.695. The zero-order valence-electron chi connectivity index (χ0n) is 14.2. The molecule has 6 nitrogen and oxygen atoms in total. The van der Waals surface area contributed by atoms with Gasteiger partial charge in [-0.25, -0.2) is 13.2 Å². The van der Waals surface area contributed by atoms with E-state index in [1.54, 1.807) is 4.57 Å². The molecule has 3 aromatic rings. The predicted octanol–water partition coefficient (Wildman–Crippen LogP) is 3.66. The lowest BCUT2D eigenvalue weighted by atomic mass is 10.1. The molecule has 0 saturated carbocycles. The van der Waals surface area contributed by atoms with Crippen LogP contribution in [0.5, 0.6) is 0 Å². The summed E-state index contributed by atoms with van der Waals surface area (Å²) in [6, 6.07) is 11.8. The van der Waals surface area contributed by atoms with E-state index in [9.17, 15) is 13.2 Å². The Labute approximate surface area is 166 Å². The number of aromatic amines is 1. The minimum atomic E-state index is -3.68. The topological polar surface area (TPSA) is 75.2 Å². The van der Waals surface area contributed by atoms with Gasteiger partial charge in [0.05, 0.1) is 15.9 Å². The van der Waals surface area contributed by atoms with E-state index in [-0.39, 0.29) is 26.7 Å². The summed E-state index contributed by atoms with van der Waals surface area (Å²) < 4.78 is 28.9. The predicted molar refractivity (Wildman–Crippen MR) is 106 cm³/mol. The Bertz CT molecular complexity index is 1140. The summed E-state index contributed by atoms with van der Waals surface area (Å²) in [6.45, 7) is 0.645. The average molecular weight is 426 g/mol. The van der Waals surface area contributed by atoms with Crippen molar-refractivity contribution in [2.75, 3.05) is 13.1 Å². The van der Waals surface area contributed by atoms with E-state index >= 15 is 0 Å². The summed E-state index contributed by atoms with van der Waals surface area (Å²) in [6.07, 6.45) is 1.10. The average Bonchev–Trinajstić information content (AvgIpc) is 2.96. The van der Waals surface area contributed by atoms with Gasteiger partial charge in [0.15, 0.2) is 0 Å². The number of fused-ring (bicyclic) bond motifs is 1. The van der Waals surface area contributed by atoms with E-state index in [0.29, 0.717) is 25.9 Å². The van der Waals surface area contributed by atoms with Gasteiger partial charge in [-0.2, -0.15) is 4.31 Å². The first kappa shape index (κ1) is 18.6. The number of para-hydroxylation sites is 2. The molecule has 1 aliphatic heterocycles. The van der Waals surface area contributed by atoms with Gasteiger partial charge >= 0.3 is 5.69 Å². The molecule has 4 rings (SSSR count). The van der Waals surface area contributed by atoms with E-state index in [1.165, 1.54) is 22.5 Å². The zero-order chi connectivity index (χ0) is 19.2. The molecule has 142 valence electrons. The normalized spacial score (nSPS) is 16.8. The number of piperidine rings is 1. The molecule has 1 N–H and O–H groups in total. The van der Waals surface area contributed by atoms with Crippen molar-refractivity contribution < 1.29 is 8.42 Å². The molecule has 1 aliphatic rings. The molecule has 0 spiro atoms. The van der Waals surface area contributed by atoms with Crippen LogP contribution in [-0.4, -0.2) is 35.4 Å². The lowest BCUT2D eigenvalue weighted by Gasteiger charge is -2.31. The molecular weight excluding hydrogens is 409 g/mol. The Hall–Kier alpha value is -1.80. The zero-order valence-corrected chi connectivity index (χ0v) is 16.6. The first-order chi connectivity index (χ1) is 12.9. The van der Waals surface area contributed by atoms with E-state index in [2.05, 4.69) is 4.98 Å². The number of hydrogen-bond acceptors (Lipinski definition) is 3. The third-order valence-electron chi connectivity index (χ3n) is 4.89. The summed E-state index contributed by atoms with van der Waals surface area (Å²) in [5.41, 5.74) is 1.45. The molecule has 0 radical (unpaired) electrons. The van der Waals surface area contributed by atoms with Crippen molar-refractivity contribution in [3.8, 4) is 0 Å². The van der Waals surface area contributed by atoms with Gasteiger partial charge in [0.25, 0.3) is 0 Å². The van der Waals surface area contributed by atoms with Gasteiger partial charge in [-0.1, -0.05) is 35.3 Å². The molecule has 1 fully saturated rings. The second-order valence-electron chi connectivity index (χ2n) is 6.56. The molecule has 2 heterocycles. The summed E-state index contributed by atoms with van der Waals surface area (Å²) in [5.74, 6) is 0. The molecule has 0 bridgehead atoms. The maximum atomic E-state index is 12.9. The summed E-state index contributed by atoms with van der Waals surface area (Å²) in [5, 5.41) is 0.558. The smallest absolute Gasteiger partial charge is 0.306 e. The molecule has 1 aromatic heterocycles. The van der Waals surface area contributed by atoms with Crippen molar-refractivity contribution in [2.45, 2.75) is 23.8 Å². The second-order valence-corrected chi connectivity index (χ2v) is 9.37. The highest BCUT2D eigenvalue weighted by Crippen LogP contribution is 2.30. The molecule has 0 atom stereocenters. The van der Waals surface area contributed by atoms with Crippen LogP contribution in [0, 0.1) is 0 Å². The summed E-state index contributed by atoms with van der Waals surface area (Å²) in [7, 11) is -3.68. The van der Waals surface area contributed by atoms with Gasteiger partial charge in [-0.3, -0.25) is 4.57 Å². The Morgan fingerprint density at radius 2 is 1.63 bits per heavy atom. The van der Waals surface area contributed by atoms with Gasteiger partial charge in [0.1, 0.15) is 0 Å². The van der Waals surface area contributed by atoms with Gasteiger partial charge in [-0.15, -0.1) is 0 Å². The number of nitrogens with zero attached hydrogens (tertiary/aromatic N) is 2. The summed E-state index contributed by atoms with van der Waals surface area (Å²) in [4.78, 5) is 15.3. The van der Waals surface area contributed by atoms with Crippen LogP contribution < -0.4 is 5.69 Å². The lowest BCUT2D eigenvalue weighted by Crippen LogP contribution is -2.40. The van der Waals surface area contributed by atoms with Crippen LogP contribution in [0.3, 0.4) is 0 Å². The van der Waals surface area contributed by atoms with Crippen LogP contribution >= 0.6 is 23.2 Å². The number of imidazole rings is 1. The number of aromatic nitrogens is 2. The van der Waals surface area contributed by atoms with E-state index < -0.39 is 10.0 Å². The molecule has 0 aliphatic carbocycles. The highest BCUT2D eigenvalue weighted by atomic mass is 35.5. The van der Waals surface area contributed by atoms with Gasteiger partial charge in [0, 0.05) is 29.2 Å². The van der Waals surface area contributed by atoms with Crippen molar-refractivity contribution in [1.29, 1.82) is 0 Å². The number of hydrogen-bond donors (Lipinski definition) is 1. The van der Waals surface area contributed by atoms with Gasteiger partial charge in [-0.05, 0) is 43.2 Å². The second kappa shape index (κ2) is 6.98. The maximum Gasteiger partial charge on any atom is 0.326 e. The molecule has 0 amide bonds. The first-order valence-electron chi connectivity index (χ1n) is 8.52. The van der Waals surface area contributed by atoms with Crippen molar-refractivity contribution in [3.63, 3.8) is 0 Å². The van der Waals surface area contributed by atoms with Crippen molar-refractivity contribution in [3.05, 3.63) is 63.0 Å². The van der Waals surface area contributed by atoms with Crippen LogP contribution in [0.1, 0.15) is 18.9 Å². The van der Waals surface area contributed by atoms with E-state index in [0.717, 1.165) is 11.0 Å². The van der Waals surface area contributed by atoms with Crippen LogP contribution in [-0.2, 0) is 10.0 Å². The van der Waals surface area contributed by atoms with Crippen molar-refractivity contribution in [2.24, 2.45) is 0 Å². The molecule has 2 aromatic carbocycles. The van der Waals surface area contributed by atoms with Crippen LogP contribution in [0.2, 0.25) is 10.0 Å². The Kier molecular flexibility index (Phi) is 4.80. The Balaban J connectivity index is 1.58.